The molecule has 1 heterocycles. The maximum Gasteiger partial charge on any atom is 0.306 e. The molecule has 3 rings (SSSR count). The molecule has 0 radical (unpaired) electrons. The van der Waals surface area contributed by atoms with Gasteiger partial charge in [0.25, 0.3) is 0 Å². The molecule has 1 aliphatic heterocycles. The number of anilines is 1. The van der Waals surface area contributed by atoms with Crippen LogP contribution in [-0.4, -0.2) is 23.7 Å². The van der Waals surface area contributed by atoms with Crippen LogP contribution in [0.5, 0.6) is 0 Å². The third-order valence-corrected chi connectivity index (χ3v) is 5.05. The van der Waals surface area contributed by atoms with Gasteiger partial charge in [0.1, 0.15) is 0 Å². The van der Waals surface area contributed by atoms with Gasteiger partial charge in [-0.3, -0.25) is 4.79 Å². The summed E-state index contributed by atoms with van der Waals surface area (Å²) in [6.07, 6.45) is 8.53. The lowest BCUT2D eigenvalue weighted by atomic mass is 9.94. The van der Waals surface area contributed by atoms with Crippen LogP contribution < -0.4 is 4.90 Å². The van der Waals surface area contributed by atoms with Crippen molar-refractivity contribution < 1.29 is 9.90 Å². The number of carboxylic acid groups (broad SMARTS) is 1. The molecular weight excluding hydrogens is 262 g/mol. The van der Waals surface area contributed by atoms with Crippen molar-refractivity contribution in [3.8, 4) is 0 Å². The SMILES string of the molecule is CC(Cc1ccc2c(c1)CCN2C1CCCCC1)C(=O)O. The van der Waals surface area contributed by atoms with Crippen LogP contribution in [0.4, 0.5) is 5.69 Å². The lowest BCUT2D eigenvalue weighted by molar-refractivity contribution is -0.141. The third-order valence-electron chi connectivity index (χ3n) is 5.05. The second-order valence-electron chi connectivity index (χ2n) is 6.64. The molecule has 114 valence electrons. The summed E-state index contributed by atoms with van der Waals surface area (Å²) < 4.78 is 0. The number of carboxylic acids is 1. The Morgan fingerprint density at radius 2 is 2.10 bits per heavy atom. The number of carbonyl (C=O) groups is 1. The molecule has 0 aromatic heterocycles. The second kappa shape index (κ2) is 6.08. The molecule has 1 N–H and O–H groups in total. The zero-order chi connectivity index (χ0) is 14.8. The van der Waals surface area contributed by atoms with E-state index in [0.717, 1.165) is 24.6 Å². The van der Waals surface area contributed by atoms with Crippen LogP contribution in [0.25, 0.3) is 0 Å². The quantitative estimate of drug-likeness (QED) is 0.919. The number of hydrogen-bond acceptors (Lipinski definition) is 2. The van der Waals surface area contributed by atoms with Crippen molar-refractivity contribution in [2.24, 2.45) is 5.92 Å². The van der Waals surface area contributed by atoms with Crippen molar-refractivity contribution in [1.29, 1.82) is 0 Å². The summed E-state index contributed by atoms with van der Waals surface area (Å²) in [5, 5.41) is 9.04. The molecule has 0 spiro atoms. The summed E-state index contributed by atoms with van der Waals surface area (Å²) in [5.74, 6) is -1.02. The Kier molecular flexibility index (Phi) is 4.18. The third kappa shape index (κ3) is 3.07. The fourth-order valence-corrected chi connectivity index (χ4v) is 3.82. The Bertz CT molecular complexity index is 520. The van der Waals surface area contributed by atoms with Gasteiger partial charge in [-0.25, -0.2) is 0 Å². The van der Waals surface area contributed by atoms with E-state index in [-0.39, 0.29) is 5.92 Å². The van der Waals surface area contributed by atoms with E-state index in [1.807, 2.05) is 0 Å². The Morgan fingerprint density at radius 3 is 2.81 bits per heavy atom. The van der Waals surface area contributed by atoms with E-state index in [2.05, 4.69) is 23.1 Å². The highest BCUT2D eigenvalue weighted by molar-refractivity contribution is 5.70. The van der Waals surface area contributed by atoms with E-state index in [1.54, 1.807) is 6.92 Å². The van der Waals surface area contributed by atoms with Crippen molar-refractivity contribution >= 4 is 11.7 Å². The molecule has 1 aliphatic carbocycles. The predicted octanol–water partition coefficient (Wildman–Crippen LogP) is 3.65. The number of aliphatic carboxylic acids is 1. The number of fused-ring (bicyclic) bond motifs is 1. The maximum absolute atomic E-state index is 11.0. The molecule has 2 aliphatic rings. The van der Waals surface area contributed by atoms with E-state index in [1.165, 1.54) is 43.4 Å². The first kappa shape index (κ1) is 14.4. The van der Waals surface area contributed by atoms with Gasteiger partial charge in [0, 0.05) is 18.3 Å². The molecule has 1 fully saturated rings. The van der Waals surface area contributed by atoms with E-state index in [9.17, 15) is 4.79 Å². The van der Waals surface area contributed by atoms with Gasteiger partial charge < -0.3 is 10.0 Å². The molecule has 1 saturated carbocycles. The van der Waals surface area contributed by atoms with Gasteiger partial charge >= 0.3 is 5.97 Å². The molecule has 3 heteroatoms. The molecule has 0 bridgehead atoms. The minimum atomic E-state index is -0.709. The first-order valence-corrected chi connectivity index (χ1v) is 8.26. The lowest BCUT2D eigenvalue weighted by Gasteiger charge is -2.33. The Labute approximate surface area is 127 Å². The van der Waals surface area contributed by atoms with Crippen LogP contribution >= 0.6 is 0 Å². The summed E-state index contributed by atoms with van der Waals surface area (Å²) in [4.78, 5) is 13.6. The first-order chi connectivity index (χ1) is 10.1. The van der Waals surface area contributed by atoms with Gasteiger partial charge in [0.05, 0.1) is 5.92 Å². The molecule has 1 aromatic carbocycles. The maximum atomic E-state index is 11.0. The van der Waals surface area contributed by atoms with Crippen molar-refractivity contribution in [3.05, 3.63) is 29.3 Å². The number of nitrogens with zero attached hydrogens (tertiary/aromatic N) is 1. The molecule has 1 atom stereocenters. The standard InChI is InChI=1S/C18H25NO2/c1-13(18(20)21)11-14-7-8-17-15(12-14)9-10-19(17)16-5-3-2-4-6-16/h7-8,12-13,16H,2-6,9-11H2,1H3,(H,20,21). The van der Waals surface area contributed by atoms with Crippen molar-refractivity contribution in [1.82, 2.24) is 0 Å². The topological polar surface area (TPSA) is 40.5 Å². The summed E-state index contributed by atoms with van der Waals surface area (Å²) in [6, 6.07) is 7.31. The highest BCUT2D eigenvalue weighted by Crippen LogP contribution is 2.35. The Morgan fingerprint density at radius 1 is 1.33 bits per heavy atom. The van der Waals surface area contributed by atoms with E-state index in [0.29, 0.717) is 6.42 Å². The van der Waals surface area contributed by atoms with Crippen molar-refractivity contribution in [2.45, 2.75) is 57.9 Å². The lowest BCUT2D eigenvalue weighted by Crippen LogP contribution is -2.35. The molecular formula is C18H25NO2. The summed E-state index contributed by atoms with van der Waals surface area (Å²) >= 11 is 0. The van der Waals surface area contributed by atoms with E-state index < -0.39 is 5.97 Å². The summed E-state index contributed by atoms with van der Waals surface area (Å²) in [5.41, 5.74) is 3.97. The molecule has 0 saturated heterocycles. The van der Waals surface area contributed by atoms with Gasteiger partial charge in [-0.15, -0.1) is 0 Å². The largest absolute Gasteiger partial charge is 0.481 e. The van der Waals surface area contributed by atoms with Crippen molar-refractivity contribution in [2.75, 3.05) is 11.4 Å². The number of hydrogen-bond donors (Lipinski definition) is 1. The second-order valence-corrected chi connectivity index (χ2v) is 6.64. The van der Waals surface area contributed by atoms with Gasteiger partial charge in [0.15, 0.2) is 0 Å². The van der Waals surface area contributed by atoms with Crippen LogP contribution in [0.15, 0.2) is 18.2 Å². The van der Waals surface area contributed by atoms with Crippen LogP contribution in [0, 0.1) is 5.92 Å². The highest BCUT2D eigenvalue weighted by Gasteiger charge is 2.27. The first-order valence-electron chi connectivity index (χ1n) is 8.26. The summed E-state index contributed by atoms with van der Waals surface area (Å²) in [6.45, 7) is 2.92. The fraction of sp³-hybridized carbons (Fsp3) is 0.611. The Hall–Kier alpha value is -1.51. The molecule has 0 amide bonds. The minimum absolute atomic E-state index is 0.307. The van der Waals surface area contributed by atoms with Gasteiger partial charge in [-0.05, 0) is 42.9 Å². The summed E-state index contributed by atoms with van der Waals surface area (Å²) in [7, 11) is 0. The smallest absolute Gasteiger partial charge is 0.306 e. The monoisotopic (exact) mass is 287 g/mol. The van der Waals surface area contributed by atoms with Crippen molar-refractivity contribution in [3.63, 3.8) is 0 Å². The number of benzene rings is 1. The zero-order valence-electron chi connectivity index (χ0n) is 12.8. The van der Waals surface area contributed by atoms with Crippen LogP contribution in [0.2, 0.25) is 0 Å². The van der Waals surface area contributed by atoms with Gasteiger partial charge in [-0.2, -0.15) is 0 Å². The Balaban J connectivity index is 1.74. The highest BCUT2D eigenvalue weighted by atomic mass is 16.4. The molecule has 21 heavy (non-hydrogen) atoms. The van der Waals surface area contributed by atoms with E-state index in [4.69, 9.17) is 5.11 Å². The van der Waals surface area contributed by atoms with Crippen LogP contribution in [0.1, 0.15) is 50.2 Å². The van der Waals surface area contributed by atoms with Gasteiger partial charge in [-0.1, -0.05) is 38.3 Å². The minimum Gasteiger partial charge on any atom is -0.481 e. The van der Waals surface area contributed by atoms with Gasteiger partial charge in [0.2, 0.25) is 0 Å². The number of rotatable bonds is 4. The average molecular weight is 287 g/mol. The van der Waals surface area contributed by atoms with E-state index >= 15 is 0 Å². The molecule has 1 unspecified atom stereocenters. The average Bonchev–Trinajstić information content (AvgIpc) is 2.91. The molecule has 3 nitrogen and oxygen atoms in total. The van der Waals surface area contributed by atoms with Crippen LogP contribution in [-0.2, 0) is 17.6 Å². The predicted molar refractivity (Wildman–Crippen MR) is 84.9 cm³/mol. The zero-order valence-corrected chi connectivity index (χ0v) is 12.8. The fourth-order valence-electron chi connectivity index (χ4n) is 3.82. The molecule has 1 aromatic rings. The van der Waals surface area contributed by atoms with Crippen LogP contribution in [0.3, 0.4) is 0 Å². The normalized spacial score (nSPS) is 20.3.